The third kappa shape index (κ3) is 12.9. The van der Waals surface area contributed by atoms with E-state index in [1.807, 2.05) is 194 Å². The predicted octanol–water partition coefficient (Wildman–Crippen LogP) is 14.0. The Morgan fingerprint density at radius 2 is 0.933 bits per heavy atom. The average Bonchev–Trinajstić information content (AvgIpc) is 3.46. The van der Waals surface area contributed by atoms with E-state index in [0.717, 1.165) is 33.4 Å². The highest BCUT2D eigenvalue weighted by Gasteiger charge is 2.51. The SMILES string of the molecule is [N-]=[N+]=Nc1ccc(CO[C@@H]2[C@@H](OCc3ccccc3)[C@H](OCc3ccccc3)[C@@H](COCc3ccccc3)O[C@H]2c2c(OCc3ccccc3)cc(OCc3ccccc3)c3c(=O)cc(-c4ccccc4)oc23)cc1. The first-order chi connectivity index (χ1) is 37.1. The number of hydrogen-bond donors (Lipinski definition) is 0. The Morgan fingerprint density at radius 1 is 0.480 bits per heavy atom. The summed E-state index contributed by atoms with van der Waals surface area (Å²) in [5.41, 5.74) is 16.1. The van der Waals surface area contributed by atoms with Gasteiger partial charge in [0.05, 0.1) is 38.6 Å². The zero-order valence-corrected chi connectivity index (χ0v) is 41.1. The van der Waals surface area contributed by atoms with Gasteiger partial charge in [-0.1, -0.05) is 211 Å². The molecular weight excluding hydrogens is 943 g/mol. The average molecular weight is 998 g/mol. The second-order valence-electron chi connectivity index (χ2n) is 18.1. The molecule has 75 heavy (non-hydrogen) atoms. The van der Waals surface area contributed by atoms with Crippen molar-refractivity contribution >= 4 is 16.7 Å². The van der Waals surface area contributed by atoms with E-state index >= 15 is 0 Å². The molecule has 10 rings (SSSR count). The Hall–Kier alpha value is -8.32. The summed E-state index contributed by atoms with van der Waals surface area (Å²) >= 11 is 0. The fourth-order valence-electron chi connectivity index (χ4n) is 9.17. The van der Waals surface area contributed by atoms with E-state index in [9.17, 15) is 10.3 Å². The lowest BCUT2D eigenvalue weighted by Crippen LogP contribution is -2.58. The van der Waals surface area contributed by atoms with E-state index < -0.39 is 30.5 Å². The minimum atomic E-state index is -1.07. The molecule has 5 atom stereocenters. The normalized spacial score (nSPS) is 17.3. The van der Waals surface area contributed by atoms with E-state index in [1.54, 1.807) is 18.2 Å². The fourth-order valence-corrected chi connectivity index (χ4v) is 9.17. The Morgan fingerprint density at radius 3 is 1.47 bits per heavy atom. The van der Waals surface area contributed by atoms with Gasteiger partial charge in [0.1, 0.15) is 66.4 Å². The van der Waals surface area contributed by atoms with Crippen molar-refractivity contribution in [2.45, 2.75) is 70.2 Å². The summed E-state index contributed by atoms with van der Waals surface area (Å²) in [6, 6.07) is 69.3. The number of azide groups is 1. The summed E-state index contributed by atoms with van der Waals surface area (Å²) in [6.07, 6.45) is -4.46. The number of hydrogen-bond acceptors (Lipinski definition) is 10. The highest BCUT2D eigenvalue weighted by molar-refractivity contribution is 5.90. The molecule has 1 saturated heterocycles. The van der Waals surface area contributed by atoms with Gasteiger partial charge in [-0.3, -0.25) is 4.79 Å². The van der Waals surface area contributed by atoms with Crippen molar-refractivity contribution in [1.82, 2.24) is 0 Å². The highest BCUT2D eigenvalue weighted by Crippen LogP contribution is 2.47. The van der Waals surface area contributed by atoms with Crippen LogP contribution in [-0.2, 0) is 63.3 Å². The molecule has 12 nitrogen and oxygen atoms in total. The molecule has 12 heteroatoms. The maximum atomic E-state index is 15.0. The van der Waals surface area contributed by atoms with Crippen LogP contribution >= 0.6 is 0 Å². The first-order valence-electron chi connectivity index (χ1n) is 24.9. The molecule has 1 aliphatic heterocycles. The first-order valence-corrected chi connectivity index (χ1v) is 24.9. The zero-order valence-electron chi connectivity index (χ0n) is 41.1. The van der Waals surface area contributed by atoms with Crippen LogP contribution < -0.4 is 14.9 Å². The van der Waals surface area contributed by atoms with E-state index in [-0.39, 0.29) is 61.8 Å². The molecule has 0 spiro atoms. The van der Waals surface area contributed by atoms with Crippen LogP contribution in [0.25, 0.3) is 32.7 Å². The number of nitrogens with zero attached hydrogens (tertiary/aromatic N) is 3. The van der Waals surface area contributed by atoms with Gasteiger partial charge in [-0.15, -0.1) is 0 Å². The van der Waals surface area contributed by atoms with Gasteiger partial charge < -0.3 is 37.6 Å². The second kappa shape index (κ2) is 25.1. The molecule has 9 aromatic rings. The van der Waals surface area contributed by atoms with E-state index in [2.05, 4.69) is 10.0 Å². The Balaban J connectivity index is 1.18. The molecule has 0 saturated carbocycles. The zero-order chi connectivity index (χ0) is 51.0. The maximum absolute atomic E-state index is 15.0. The maximum Gasteiger partial charge on any atom is 0.197 e. The van der Waals surface area contributed by atoms with Gasteiger partial charge in [-0.05, 0) is 38.9 Å². The molecule has 376 valence electrons. The molecule has 0 aliphatic carbocycles. The number of fused-ring (bicyclic) bond motifs is 1. The van der Waals surface area contributed by atoms with Crippen molar-refractivity contribution in [3.63, 3.8) is 0 Å². The summed E-state index contributed by atoms with van der Waals surface area (Å²) in [5, 5.41) is 3.98. The van der Waals surface area contributed by atoms with Crippen molar-refractivity contribution in [3.05, 3.63) is 278 Å². The summed E-state index contributed by atoms with van der Waals surface area (Å²) in [6.45, 7) is 1.19. The Kier molecular flexibility index (Phi) is 16.8. The van der Waals surface area contributed by atoms with Gasteiger partial charge in [0.25, 0.3) is 0 Å². The fraction of sp³-hybridized carbons (Fsp3) is 0.190. The largest absolute Gasteiger partial charge is 0.488 e. The van der Waals surface area contributed by atoms with Crippen LogP contribution in [-0.4, -0.2) is 31.0 Å². The van der Waals surface area contributed by atoms with Gasteiger partial charge in [0.15, 0.2) is 11.0 Å². The van der Waals surface area contributed by atoms with Crippen molar-refractivity contribution in [1.29, 1.82) is 0 Å². The summed E-state index contributed by atoms with van der Waals surface area (Å²) in [4.78, 5) is 17.9. The Bertz CT molecular complexity index is 3330. The molecule has 1 aromatic heterocycles. The van der Waals surface area contributed by atoms with Crippen LogP contribution in [0, 0.1) is 0 Å². The van der Waals surface area contributed by atoms with Gasteiger partial charge in [-0.2, -0.15) is 0 Å². The van der Waals surface area contributed by atoms with Crippen molar-refractivity contribution in [2.75, 3.05) is 6.61 Å². The second-order valence-corrected chi connectivity index (χ2v) is 18.1. The molecule has 2 heterocycles. The van der Waals surface area contributed by atoms with Gasteiger partial charge >= 0.3 is 0 Å². The van der Waals surface area contributed by atoms with Gasteiger partial charge in [0.2, 0.25) is 0 Å². The molecule has 0 bridgehead atoms. The smallest absolute Gasteiger partial charge is 0.197 e. The molecule has 1 fully saturated rings. The molecule has 0 radical (unpaired) electrons. The van der Waals surface area contributed by atoms with Crippen LogP contribution in [0.15, 0.2) is 233 Å². The first kappa shape index (κ1) is 50.2. The molecule has 0 unspecified atom stereocenters. The monoisotopic (exact) mass is 997 g/mol. The molecular formula is C63H55N3O9. The van der Waals surface area contributed by atoms with Gasteiger partial charge in [-0.25, -0.2) is 0 Å². The van der Waals surface area contributed by atoms with E-state index in [0.29, 0.717) is 34.9 Å². The Labute approximate surface area is 435 Å². The summed E-state index contributed by atoms with van der Waals surface area (Å²) in [7, 11) is 0. The van der Waals surface area contributed by atoms with Crippen molar-refractivity contribution < 1.29 is 37.6 Å². The minimum Gasteiger partial charge on any atom is -0.488 e. The molecule has 8 aromatic carbocycles. The molecule has 1 aliphatic rings. The van der Waals surface area contributed by atoms with Crippen LogP contribution in [0.5, 0.6) is 11.5 Å². The molecule has 0 amide bonds. The third-order valence-corrected chi connectivity index (χ3v) is 12.9. The number of benzene rings is 8. The van der Waals surface area contributed by atoms with Crippen molar-refractivity contribution in [3.8, 4) is 22.8 Å². The lowest BCUT2D eigenvalue weighted by Gasteiger charge is -2.46. The van der Waals surface area contributed by atoms with Crippen LogP contribution in [0.1, 0.15) is 45.0 Å². The van der Waals surface area contributed by atoms with E-state index in [1.165, 1.54) is 6.07 Å². The number of rotatable bonds is 22. The number of ether oxygens (including phenoxy) is 7. The van der Waals surface area contributed by atoms with Crippen molar-refractivity contribution in [2.24, 2.45) is 5.11 Å². The standard InChI is InChI=1S/C63H55N3O9/c64-66-65-51-33-31-49(32-34-51)42-73-63-61(75-56(43-68-37-44-19-7-1-8-20-44)59(71-40-47-25-13-4-14-26-47)62(63)72-41-48-27-15-5-16-28-48)58-55(70-39-46-23-11-3-12-24-46)36-54(69-38-45-21-9-2-10-22-45)57-52(67)35-53(74-60(57)58)50-29-17-6-18-30-50/h1-36,56,59,61-63H,37-43H2/t56-,59-,61+,62+,63+/m1/s1. The van der Waals surface area contributed by atoms with Crippen LogP contribution in [0.4, 0.5) is 5.69 Å². The third-order valence-electron chi connectivity index (χ3n) is 12.9. The van der Waals surface area contributed by atoms with Crippen LogP contribution in [0.3, 0.4) is 0 Å². The topological polar surface area (TPSA) is 144 Å². The highest BCUT2D eigenvalue weighted by atomic mass is 16.6. The minimum absolute atomic E-state index is 0.0719. The summed E-state index contributed by atoms with van der Waals surface area (Å²) in [5.74, 6) is 0.946. The predicted molar refractivity (Wildman–Crippen MR) is 287 cm³/mol. The lowest BCUT2D eigenvalue weighted by atomic mass is 9.88. The van der Waals surface area contributed by atoms with E-state index in [4.69, 9.17) is 37.6 Å². The van der Waals surface area contributed by atoms with Gasteiger partial charge in [0, 0.05) is 28.3 Å². The lowest BCUT2D eigenvalue weighted by molar-refractivity contribution is -0.275. The van der Waals surface area contributed by atoms with Crippen LogP contribution in [0.2, 0.25) is 0 Å². The summed E-state index contributed by atoms with van der Waals surface area (Å²) < 4.78 is 56.2. The quantitative estimate of drug-likeness (QED) is 0.0368. The molecule has 0 N–H and O–H groups in total.